The van der Waals surface area contributed by atoms with Crippen molar-refractivity contribution in [2.45, 2.75) is 51.0 Å². The van der Waals surface area contributed by atoms with E-state index < -0.39 is 0 Å². The van der Waals surface area contributed by atoms with Crippen molar-refractivity contribution in [2.75, 3.05) is 0 Å². The molecule has 1 aromatic carbocycles. The Hall–Kier alpha value is -0.990. The number of furan rings is 1. The minimum atomic E-state index is 0.00287. The van der Waals surface area contributed by atoms with Crippen molar-refractivity contribution < 1.29 is 4.42 Å². The molecule has 3 rings (SSSR count). The van der Waals surface area contributed by atoms with E-state index in [2.05, 4.69) is 0 Å². The summed E-state index contributed by atoms with van der Waals surface area (Å²) in [5.74, 6) is 1.76. The van der Waals surface area contributed by atoms with Crippen LogP contribution in [0, 0.1) is 5.92 Å². The first-order chi connectivity index (χ1) is 9.72. The maximum Gasteiger partial charge on any atom is 0.134 e. The highest BCUT2D eigenvalue weighted by Crippen LogP contribution is 2.31. The second-order valence-electron chi connectivity index (χ2n) is 6.02. The summed E-state index contributed by atoms with van der Waals surface area (Å²) in [6, 6.07) is 7.73. The first kappa shape index (κ1) is 14.0. The van der Waals surface area contributed by atoms with Gasteiger partial charge in [-0.2, -0.15) is 0 Å². The molecule has 0 spiro atoms. The fraction of sp³-hybridized carbons (Fsp3) is 0.529. The van der Waals surface area contributed by atoms with Crippen LogP contribution in [-0.4, -0.2) is 0 Å². The molecule has 1 atom stereocenters. The van der Waals surface area contributed by atoms with Gasteiger partial charge in [-0.1, -0.05) is 43.7 Å². The molecule has 0 saturated heterocycles. The SMILES string of the molecule is NC(CCC1CCCCC1)c1cc2cc(Cl)ccc2o1. The van der Waals surface area contributed by atoms with E-state index in [1.807, 2.05) is 24.3 Å². The van der Waals surface area contributed by atoms with Crippen LogP contribution in [0.3, 0.4) is 0 Å². The van der Waals surface area contributed by atoms with Gasteiger partial charge in [-0.05, 0) is 43.0 Å². The predicted octanol–water partition coefficient (Wildman–Crippen LogP) is 5.45. The standard InChI is InChI=1S/C17H22ClNO/c18-14-7-9-16-13(10-14)11-17(20-16)15(19)8-6-12-4-2-1-3-5-12/h7,9-12,15H,1-6,8,19H2. The number of rotatable bonds is 4. The topological polar surface area (TPSA) is 39.2 Å². The number of benzene rings is 1. The zero-order valence-corrected chi connectivity index (χ0v) is 12.5. The number of nitrogens with two attached hydrogens (primary N) is 1. The molecule has 0 bridgehead atoms. The molecule has 2 aromatic rings. The van der Waals surface area contributed by atoms with Crippen LogP contribution in [0.1, 0.15) is 56.7 Å². The molecule has 2 N–H and O–H groups in total. The van der Waals surface area contributed by atoms with Crippen LogP contribution in [0.4, 0.5) is 0 Å². The van der Waals surface area contributed by atoms with E-state index in [-0.39, 0.29) is 6.04 Å². The maximum absolute atomic E-state index is 6.29. The molecule has 20 heavy (non-hydrogen) atoms. The molecule has 1 aromatic heterocycles. The Kier molecular flexibility index (Phi) is 4.32. The number of halogens is 1. The van der Waals surface area contributed by atoms with Gasteiger partial charge >= 0.3 is 0 Å². The fourth-order valence-corrected chi connectivity index (χ4v) is 3.43. The molecule has 1 aliphatic rings. The zero-order chi connectivity index (χ0) is 13.9. The lowest BCUT2D eigenvalue weighted by atomic mass is 9.85. The van der Waals surface area contributed by atoms with Gasteiger partial charge < -0.3 is 10.2 Å². The van der Waals surface area contributed by atoms with Crippen LogP contribution in [-0.2, 0) is 0 Å². The zero-order valence-electron chi connectivity index (χ0n) is 11.8. The van der Waals surface area contributed by atoms with E-state index >= 15 is 0 Å². The van der Waals surface area contributed by atoms with Gasteiger partial charge in [0.05, 0.1) is 6.04 Å². The van der Waals surface area contributed by atoms with E-state index in [1.165, 1.54) is 38.5 Å². The molecule has 0 aliphatic heterocycles. The first-order valence-electron chi connectivity index (χ1n) is 7.67. The second-order valence-corrected chi connectivity index (χ2v) is 6.46. The third-order valence-electron chi connectivity index (χ3n) is 4.47. The minimum absolute atomic E-state index is 0.00287. The Balaban J connectivity index is 1.64. The predicted molar refractivity (Wildman–Crippen MR) is 84.0 cm³/mol. The number of hydrogen-bond acceptors (Lipinski definition) is 2. The molecule has 108 valence electrons. The Morgan fingerprint density at radius 1 is 1.20 bits per heavy atom. The average molecular weight is 292 g/mol. The summed E-state index contributed by atoms with van der Waals surface area (Å²) in [5.41, 5.74) is 7.16. The summed E-state index contributed by atoms with van der Waals surface area (Å²) < 4.78 is 5.84. The lowest BCUT2D eigenvalue weighted by Gasteiger charge is -2.22. The third-order valence-corrected chi connectivity index (χ3v) is 4.71. The lowest BCUT2D eigenvalue weighted by Crippen LogP contribution is -2.13. The van der Waals surface area contributed by atoms with Crippen LogP contribution in [0.15, 0.2) is 28.7 Å². The summed E-state index contributed by atoms with van der Waals surface area (Å²) in [6.07, 6.45) is 9.18. The highest BCUT2D eigenvalue weighted by molar-refractivity contribution is 6.31. The minimum Gasteiger partial charge on any atom is -0.459 e. The molecule has 2 nitrogen and oxygen atoms in total. The van der Waals surface area contributed by atoms with Crippen molar-refractivity contribution >= 4 is 22.6 Å². The van der Waals surface area contributed by atoms with E-state index in [4.69, 9.17) is 21.8 Å². The van der Waals surface area contributed by atoms with Gasteiger partial charge in [0, 0.05) is 10.4 Å². The molecule has 1 fully saturated rings. The summed E-state index contributed by atoms with van der Waals surface area (Å²) in [7, 11) is 0. The maximum atomic E-state index is 6.29. The summed E-state index contributed by atoms with van der Waals surface area (Å²) >= 11 is 6.00. The van der Waals surface area contributed by atoms with Crippen molar-refractivity contribution in [1.82, 2.24) is 0 Å². The van der Waals surface area contributed by atoms with Gasteiger partial charge in [-0.3, -0.25) is 0 Å². The number of fused-ring (bicyclic) bond motifs is 1. The molecule has 0 radical (unpaired) electrons. The van der Waals surface area contributed by atoms with Crippen molar-refractivity contribution in [3.05, 3.63) is 35.0 Å². The van der Waals surface area contributed by atoms with Gasteiger partial charge in [-0.15, -0.1) is 0 Å². The van der Waals surface area contributed by atoms with Crippen LogP contribution < -0.4 is 5.73 Å². The van der Waals surface area contributed by atoms with Crippen molar-refractivity contribution in [3.8, 4) is 0 Å². The van der Waals surface area contributed by atoms with Crippen LogP contribution in [0.2, 0.25) is 5.02 Å². The summed E-state index contributed by atoms with van der Waals surface area (Å²) in [5, 5.41) is 1.78. The van der Waals surface area contributed by atoms with Crippen molar-refractivity contribution in [3.63, 3.8) is 0 Å². The highest BCUT2D eigenvalue weighted by atomic mass is 35.5. The Morgan fingerprint density at radius 3 is 2.80 bits per heavy atom. The van der Waals surface area contributed by atoms with E-state index in [0.717, 1.165) is 34.1 Å². The first-order valence-corrected chi connectivity index (χ1v) is 8.05. The van der Waals surface area contributed by atoms with E-state index in [1.54, 1.807) is 0 Å². The molecule has 1 heterocycles. The highest BCUT2D eigenvalue weighted by Gasteiger charge is 2.17. The van der Waals surface area contributed by atoms with Gasteiger partial charge in [0.15, 0.2) is 0 Å². The average Bonchev–Trinajstić information content (AvgIpc) is 2.89. The Bertz CT molecular complexity index is 571. The van der Waals surface area contributed by atoms with Gasteiger partial charge in [0.1, 0.15) is 11.3 Å². The smallest absolute Gasteiger partial charge is 0.134 e. The van der Waals surface area contributed by atoms with Gasteiger partial charge in [0.25, 0.3) is 0 Å². The van der Waals surface area contributed by atoms with Gasteiger partial charge in [0.2, 0.25) is 0 Å². The molecule has 0 amide bonds. The van der Waals surface area contributed by atoms with Crippen LogP contribution in [0.5, 0.6) is 0 Å². The largest absolute Gasteiger partial charge is 0.459 e. The molecule has 1 saturated carbocycles. The molecule has 3 heteroatoms. The van der Waals surface area contributed by atoms with E-state index in [9.17, 15) is 0 Å². The van der Waals surface area contributed by atoms with Gasteiger partial charge in [-0.25, -0.2) is 0 Å². The lowest BCUT2D eigenvalue weighted by molar-refractivity contribution is 0.317. The molecular weight excluding hydrogens is 270 g/mol. The number of hydrogen-bond donors (Lipinski definition) is 1. The second kappa shape index (κ2) is 6.19. The fourth-order valence-electron chi connectivity index (χ4n) is 3.25. The third kappa shape index (κ3) is 3.18. The molecular formula is C17H22ClNO. The normalized spacial score (nSPS) is 18.5. The van der Waals surface area contributed by atoms with Crippen molar-refractivity contribution in [1.29, 1.82) is 0 Å². The Labute approximate surface area is 125 Å². The van der Waals surface area contributed by atoms with E-state index in [0.29, 0.717) is 0 Å². The Morgan fingerprint density at radius 2 is 2.00 bits per heavy atom. The summed E-state index contributed by atoms with van der Waals surface area (Å²) in [4.78, 5) is 0. The van der Waals surface area contributed by atoms with Crippen LogP contribution in [0.25, 0.3) is 11.0 Å². The van der Waals surface area contributed by atoms with Crippen LogP contribution >= 0.6 is 11.6 Å². The monoisotopic (exact) mass is 291 g/mol. The molecule has 1 aliphatic carbocycles. The quantitative estimate of drug-likeness (QED) is 0.814. The van der Waals surface area contributed by atoms with Crippen molar-refractivity contribution in [2.24, 2.45) is 11.7 Å². The molecule has 1 unspecified atom stereocenters. The summed E-state index contributed by atoms with van der Waals surface area (Å²) in [6.45, 7) is 0.